The van der Waals surface area contributed by atoms with Gasteiger partial charge in [-0.05, 0) is 25.3 Å². The minimum absolute atomic E-state index is 0.545. The van der Waals surface area contributed by atoms with Crippen molar-refractivity contribution in [3.8, 4) is 0 Å². The summed E-state index contributed by atoms with van der Waals surface area (Å²) in [6.07, 6.45) is 2.36. The Morgan fingerprint density at radius 2 is 2.00 bits per heavy atom. The maximum absolute atomic E-state index is 4.36. The highest BCUT2D eigenvalue weighted by Gasteiger charge is 2.30. The van der Waals surface area contributed by atoms with Gasteiger partial charge in [0.2, 0.25) is 0 Å². The largest absolute Gasteiger partial charge is 0.314 e. The molecule has 0 spiro atoms. The van der Waals surface area contributed by atoms with Crippen LogP contribution in [0.3, 0.4) is 0 Å². The zero-order valence-electron chi connectivity index (χ0n) is 12.3. The summed E-state index contributed by atoms with van der Waals surface area (Å²) >= 11 is 0. The van der Waals surface area contributed by atoms with Gasteiger partial charge in [0, 0.05) is 19.1 Å². The smallest absolute Gasteiger partial charge is 0.147 e. The summed E-state index contributed by atoms with van der Waals surface area (Å²) in [5.41, 5.74) is 1.41. The molecule has 1 aromatic heterocycles. The first-order valence-electron chi connectivity index (χ1n) is 7.47. The third kappa shape index (κ3) is 2.48. The van der Waals surface area contributed by atoms with Gasteiger partial charge in [-0.15, -0.1) is 10.2 Å². The van der Waals surface area contributed by atoms with Gasteiger partial charge in [-0.2, -0.15) is 0 Å². The Kier molecular flexibility index (Phi) is 3.83. The Balaban J connectivity index is 1.72. The van der Waals surface area contributed by atoms with E-state index in [1.807, 2.05) is 6.92 Å². The molecule has 2 aromatic rings. The molecular formula is C16H22N4. The van der Waals surface area contributed by atoms with Crippen LogP contribution >= 0.6 is 0 Å². The molecule has 0 aliphatic carbocycles. The molecule has 4 nitrogen and oxygen atoms in total. The number of benzene rings is 1. The summed E-state index contributed by atoms with van der Waals surface area (Å²) in [6, 6.07) is 11.3. The molecule has 0 bridgehead atoms. The Morgan fingerprint density at radius 3 is 2.65 bits per heavy atom. The van der Waals surface area contributed by atoms with Crippen molar-refractivity contribution in [2.75, 3.05) is 6.54 Å². The van der Waals surface area contributed by atoms with Crippen molar-refractivity contribution in [2.45, 2.75) is 45.8 Å². The highest BCUT2D eigenvalue weighted by Crippen LogP contribution is 2.34. The normalized spacial score (nSPS) is 19.0. The number of hydrogen-bond acceptors (Lipinski definition) is 3. The molecule has 0 N–H and O–H groups in total. The van der Waals surface area contributed by atoms with Crippen LogP contribution in [0.1, 0.15) is 43.0 Å². The topological polar surface area (TPSA) is 34.0 Å². The fourth-order valence-electron chi connectivity index (χ4n) is 2.92. The minimum Gasteiger partial charge on any atom is -0.314 e. The van der Waals surface area contributed by atoms with Gasteiger partial charge in [0.05, 0.1) is 6.54 Å². The first kappa shape index (κ1) is 13.3. The number of hydrogen-bond donors (Lipinski definition) is 0. The lowest BCUT2D eigenvalue weighted by Crippen LogP contribution is -2.40. The molecule has 3 rings (SSSR count). The maximum Gasteiger partial charge on any atom is 0.147 e. The summed E-state index contributed by atoms with van der Waals surface area (Å²) in [7, 11) is 0. The number of likely N-dealkylation sites (tertiary alicyclic amines) is 1. The monoisotopic (exact) mass is 270 g/mol. The Hall–Kier alpha value is -1.68. The fraction of sp³-hybridized carbons (Fsp3) is 0.500. The van der Waals surface area contributed by atoms with Crippen LogP contribution in [0.15, 0.2) is 30.3 Å². The lowest BCUT2D eigenvalue weighted by atomic mass is 9.95. The molecule has 1 unspecified atom stereocenters. The van der Waals surface area contributed by atoms with Crippen molar-refractivity contribution in [1.29, 1.82) is 0 Å². The van der Waals surface area contributed by atoms with E-state index < -0.39 is 0 Å². The van der Waals surface area contributed by atoms with Gasteiger partial charge in [-0.25, -0.2) is 0 Å². The van der Waals surface area contributed by atoms with E-state index in [4.69, 9.17) is 0 Å². The summed E-state index contributed by atoms with van der Waals surface area (Å²) in [5.74, 6) is 2.13. The summed E-state index contributed by atoms with van der Waals surface area (Å²) in [4.78, 5) is 2.49. The Bertz CT molecular complexity index is 561. The SMILES string of the molecule is CCCn1c(C)nnc1CN1CCC1c1ccccc1. The highest BCUT2D eigenvalue weighted by atomic mass is 15.3. The molecule has 2 heterocycles. The van der Waals surface area contributed by atoms with Crippen molar-refractivity contribution in [2.24, 2.45) is 0 Å². The first-order chi connectivity index (χ1) is 9.79. The van der Waals surface area contributed by atoms with Gasteiger partial charge in [-0.1, -0.05) is 37.3 Å². The predicted molar refractivity (Wildman–Crippen MR) is 79.3 cm³/mol. The average Bonchev–Trinajstić information content (AvgIpc) is 2.78. The van der Waals surface area contributed by atoms with Crippen LogP contribution in [0, 0.1) is 6.92 Å². The van der Waals surface area contributed by atoms with Crippen LogP contribution in [0.2, 0.25) is 0 Å². The molecule has 1 fully saturated rings. The van der Waals surface area contributed by atoms with Crippen molar-refractivity contribution >= 4 is 0 Å². The van der Waals surface area contributed by atoms with E-state index in [2.05, 4.69) is 56.9 Å². The van der Waals surface area contributed by atoms with Crippen molar-refractivity contribution in [3.63, 3.8) is 0 Å². The summed E-state index contributed by atoms with van der Waals surface area (Å²) in [6.45, 7) is 7.30. The van der Waals surface area contributed by atoms with Gasteiger partial charge >= 0.3 is 0 Å². The Morgan fingerprint density at radius 1 is 1.20 bits per heavy atom. The fourth-order valence-corrected chi connectivity index (χ4v) is 2.92. The Labute approximate surface area is 120 Å². The van der Waals surface area contributed by atoms with Crippen molar-refractivity contribution in [1.82, 2.24) is 19.7 Å². The van der Waals surface area contributed by atoms with E-state index in [1.165, 1.54) is 12.0 Å². The third-order valence-electron chi connectivity index (χ3n) is 4.12. The molecule has 1 atom stereocenters. The average molecular weight is 270 g/mol. The second-order valence-corrected chi connectivity index (χ2v) is 5.50. The van der Waals surface area contributed by atoms with Crippen molar-refractivity contribution < 1.29 is 0 Å². The molecule has 1 aliphatic heterocycles. The van der Waals surface area contributed by atoms with Crippen LogP contribution in [-0.4, -0.2) is 26.2 Å². The van der Waals surface area contributed by atoms with Crippen LogP contribution in [0.5, 0.6) is 0 Å². The van der Waals surface area contributed by atoms with E-state index >= 15 is 0 Å². The molecule has 0 amide bonds. The second kappa shape index (κ2) is 5.75. The molecule has 20 heavy (non-hydrogen) atoms. The van der Waals surface area contributed by atoms with E-state index in [9.17, 15) is 0 Å². The van der Waals surface area contributed by atoms with Gasteiger partial charge in [-0.3, -0.25) is 4.90 Å². The van der Waals surface area contributed by atoms with Crippen LogP contribution in [-0.2, 0) is 13.1 Å². The molecule has 4 heteroatoms. The van der Waals surface area contributed by atoms with Crippen LogP contribution < -0.4 is 0 Å². The maximum atomic E-state index is 4.36. The molecule has 106 valence electrons. The number of rotatable bonds is 5. The lowest BCUT2D eigenvalue weighted by Gasteiger charge is -2.41. The highest BCUT2D eigenvalue weighted by molar-refractivity contribution is 5.21. The molecule has 0 saturated carbocycles. The molecule has 1 aromatic carbocycles. The molecule has 1 aliphatic rings. The van der Waals surface area contributed by atoms with Gasteiger partial charge in [0.15, 0.2) is 0 Å². The van der Waals surface area contributed by atoms with Gasteiger partial charge in [0.1, 0.15) is 11.6 Å². The van der Waals surface area contributed by atoms with E-state index in [0.717, 1.165) is 37.7 Å². The second-order valence-electron chi connectivity index (χ2n) is 5.50. The quantitative estimate of drug-likeness (QED) is 0.837. The van der Waals surface area contributed by atoms with E-state index in [-0.39, 0.29) is 0 Å². The van der Waals surface area contributed by atoms with Gasteiger partial charge in [0.25, 0.3) is 0 Å². The zero-order valence-corrected chi connectivity index (χ0v) is 12.3. The zero-order chi connectivity index (χ0) is 13.9. The van der Waals surface area contributed by atoms with E-state index in [0.29, 0.717) is 6.04 Å². The third-order valence-corrected chi connectivity index (χ3v) is 4.12. The summed E-state index contributed by atoms with van der Waals surface area (Å²) in [5, 5.41) is 8.59. The molecule has 0 radical (unpaired) electrons. The predicted octanol–water partition coefficient (Wildman–Crippen LogP) is 2.94. The molecule has 1 saturated heterocycles. The first-order valence-corrected chi connectivity index (χ1v) is 7.47. The van der Waals surface area contributed by atoms with Crippen molar-refractivity contribution in [3.05, 3.63) is 47.5 Å². The number of aromatic nitrogens is 3. The van der Waals surface area contributed by atoms with Crippen LogP contribution in [0.4, 0.5) is 0 Å². The van der Waals surface area contributed by atoms with E-state index in [1.54, 1.807) is 0 Å². The number of aryl methyl sites for hydroxylation is 1. The molecular weight excluding hydrogens is 248 g/mol. The van der Waals surface area contributed by atoms with Crippen LogP contribution in [0.25, 0.3) is 0 Å². The number of nitrogens with zero attached hydrogens (tertiary/aromatic N) is 4. The lowest BCUT2D eigenvalue weighted by molar-refractivity contribution is 0.0772. The summed E-state index contributed by atoms with van der Waals surface area (Å²) < 4.78 is 2.25. The van der Waals surface area contributed by atoms with Gasteiger partial charge < -0.3 is 4.57 Å². The minimum atomic E-state index is 0.545. The standard InChI is InChI=1S/C16H22N4/c1-3-10-20-13(2)17-18-16(20)12-19-11-9-15(19)14-7-5-4-6-8-14/h4-8,15H,3,9-12H2,1-2H3.